The number of hydrogen-bond donors (Lipinski definition) is 1. The van der Waals surface area contributed by atoms with Crippen LogP contribution in [0.4, 0.5) is 4.79 Å². The van der Waals surface area contributed by atoms with E-state index in [0.717, 1.165) is 22.8 Å². The number of carbonyl (C=O) groups excluding carboxylic acids is 2. The molecule has 2 aromatic carbocycles. The summed E-state index contributed by atoms with van der Waals surface area (Å²) in [6, 6.07) is 13.3. The fourth-order valence-electron chi connectivity index (χ4n) is 3.64. The molecule has 1 aromatic heterocycles. The minimum Gasteiger partial charge on any atom is -0.453 e. The van der Waals surface area contributed by atoms with Gasteiger partial charge < -0.3 is 13.9 Å². The molecule has 0 radical (unpaired) electrons. The summed E-state index contributed by atoms with van der Waals surface area (Å²) in [5.74, 6) is 0.715. The van der Waals surface area contributed by atoms with Crippen molar-refractivity contribution in [2.24, 2.45) is 5.10 Å². The Balaban J connectivity index is 1.58. The van der Waals surface area contributed by atoms with Crippen molar-refractivity contribution in [3.8, 4) is 5.75 Å². The quantitative estimate of drug-likeness (QED) is 0.384. The normalized spacial score (nSPS) is 14.4. The summed E-state index contributed by atoms with van der Waals surface area (Å²) in [7, 11) is 0. The van der Waals surface area contributed by atoms with Crippen molar-refractivity contribution < 1.29 is 23.5 Å². The van der Waals surface area contributed by atoms with E-state index in [2.05, 4.69) is 10.5 Å². The van der Waals surface area contributed by atoms with Gasteiger partial charge in [-0.2, -0.15) is 5.10 Å². The highest BCUT2D eigenvalue weighted by atomic mass is 16.6. The monoisotopic (exact) mass is 406 g/mol. The van der Waals surface area contributed by atoms with Crippen LogP contribution in [0.3, 0.4) is 0 Å². The Morgan fingerprint density at radius 1 is 1.13 bits per heavy atom. The Morgan fingerprint density at radius 2 is 1.93 bits per heavy atom. The second-order valence-electron chi connectivity index (χ2n) is 7.00. The standard InChI is InChI=1S/C23H22N2O5/c1-3-28-23(27)25-24-18-9-6-10-19-20(18)14(2)21(30-19)22(26)29-17-12-11-15-7-4-5-8-16(15)13-17/h4-5,7-8,11-13H,3,6,9-10H2,1-2H3,(H,25,27)/b24-18+. The second-order valence-corrected chi connectivity index (χ2v) is 7.00. The van der Waals surface area contributed by atoms with Crippen LogP contribution in [0.15, 0.2) is 52.0 Å². The molecule has 0 unspecified atom stereocenters. The maximum atomic E-state index is 12.8. The molecule has 7 nitrogen and oxygen atoms in total. The van der Waals surface area contributed by atoms with Crippen molar-refractivity contribution >= 4 is 28.5 Å². The Bertz CT molecular complexity index is 1150. The molecule has 0 saturated carbocycles. The van der Waals surface area contributed by atoms with Crippen molar-refractivity contribution in [1.29, 1.82) is 0 Å². The molecule has 30 heavy (non-hydrogen) atoms. The highest BCUT2D eigenvalue weighted by molar-refractivity contribution is 6.06. The van der Waals surface area contributed by atoms with E-state index in [-0.39, 0.29) is 12.4 Å². The van der Waals surface area contributed by atoms with E-state index in [1.165, 1.54) is 0 Å². The van der Waals surface area contributed by atoms with Crippen LogP contribution in [-0.2, 0) is 11.2 Å². The van der Waals surface area contributed by atoms with Crippen LogP contribution >= 0.6 is 0 Å². The number of rotatable bonds is 4. The van der Waals surface area contributed by atoms with Gasteiger partial charge in [-0.05, 0) is 49.6 Å². The first kappa shape index (κ1) is 19.7. The van der Waals surface area contributed by atoms with Gasteiger partial charge in [0.15, 0.2) is 0 Å². The van der Waals surface area contributed by atoms with Crippen LogP contribution in [-0.4, -0.2) is 24.4 Å². The Hall–Kier alpha value is -3.61. The van der Waals surface area contributed by atoms with E-state index in [0.29, 0.717) is 35.6 Å². The second kappa shape index (κ2) is 8.41. The number of furan rings is 1. The molecular formula is C23H22N2O5. The molecule has 1 amide bonds. The summed E-state index contributed by atoms with van der Waals surface area (Å²) < 4.78 is 16.3. The molecule has 0 atom stereocenters. The van der Waals surface area contributed by atoms with Crippen LogP contribution in [0.5, 0.6) is 5.75 Å². The van der Waals surface area contributed by atoms with Crippen LogP contribution in [0, 0.1) is 6.92 Å². The Morgan fingerprint density at radius 3 is 2.73 bits per heavy atom. The van der Waals surface area contributed by atoms with Gasteiger partial charge >= 0.3 is 12.1 Å². The molecule has 0 fully saturated rings. The van der Waals surface area contributed by atoms with Crippen molar-refractivity contribution in [1.82, 2.24) is 5.43 Å². The van der Waals surface area contributed by atoms with Gasteiger partial charge in [-0.25, -0.2) is 15.0 Å². The van der Waals surface area contributed by atoms with Crippen LogP contribution in [0.1, 0.15) is 47.2 Å². The fourth-order valence-corrected chi connectivity index (χ4v) is 3.64. The number of benzene rings is 2. The van der Waals surface area contributed by atoms with Gasteiger partial charge in [0.25, 0.3) is 0 Å². The third-order valence-corrected chi connectivity index (χ3v) is 5.00. The average Bonchev–Trinajstić information content (AvgIpc) is 3.10. The number of carbonyl (C=O) groups is 2. The Kier molecular flexibility index (Phi) is 5.52. The maximum Gasteiger partial charge on any atom is 0.427 e. The van der Waals surface area contributed by atoms with Crippen LogP contribution < -0.4 is 10.2 Å². The zero-order chi connectivity index (χ0) is 21.1. The Labute approximate surface area is 173 Å². The van der Waals surface area contributed by atoms with Crippen molar-refractivity contribution in [3.05, 3.63) is 65.1 Å². The fraction of sp³-hybridized carbons (Fsp3) is 0.261. The number of fused-ring (bicyclic) bond motifs is 2. The first-order chi connectivity index (χ1) is 14.6. The molecule has 0 bridgehead atoms. The first-order valence-electron chi connectivity index (χ1n) is 9.89. The van der Waals surface area contributed by atoms with E-state index in [1.807, 2.05) is 36.4 Å². The summed E-state index contributed by atoms with van der Waals surface area (Å²) in [4.78, 5) is 24.4. The molecule has 0 spiro atoms. The van der Waals surface area contributed by atoms with Crippen molar-refractivity contribution in [2.75, 3.05) is 6.61 Å². The molecule has 1 aliphatic rings. The number of esters is 1. The maximum absolute atomic E-state index is 12.8. The largest absolute Gasteiger partial charge is 0.453 e. The molecular weight excluding hydrogens is 384 g/mol. The number of ether oxygens (including phenoxy) is 2. The van der Waals surface area contributed by atoms with Crippen molar-refractivity contribution in [2.45, 2.75) is 33.1 Å². The molecule has 1 heterocycles. The molecule has 0 saturated heterocycles. The highest BCUT2D eigenvalue weighted by Gasteiger charge is 2.29. The summed E-state index contributed by atoms with van der Waals surface area (Å²) in [6.07, 6.45) is 1.55. The minimum absolute atomic E-state index is 0.152. The SMILES string of the molecule is CCOC(=O)N/N=C1\CCCc2oc(C(=O)Oc3ccc4ccccc4c3)c(C)c21. The van der Waals surface area contributed by atoms with E-state index >= 15 is 0 Å². The van der Waals surface area contributed by atoms with Gasteiger partial charge in [-0.3, -0.25) is 0 Å². The first-order valence-corrected chi connectivity index (χ1v) is 9.89. The molecule has 154 valence electrons. The number of aryl methyl sites for hydroxylation is 1. The molecule has 1 aliphatic carbocycles. The van der Waals surface area contributed by atoms with Gasteiger partial charge in [-0.15, -0.1) is 0 Å². The highest BCUT2D eigenvalue weighted by Crippen LogP contribution is 2.31. The molecule has 0 aliphatic heterocycles. The van der Waals surface area contributed by atoms with E-state index < -0.39 is 12.1 Å². The van der Waals surface area contributed by atoms with Crippen LogP contribution in [0.2, 0.25) is 0 Å². The lowest BCUT2D eigenvalue weighted by Crippen LogP contribution is -2.22. The summed E-state index contributed by atoms with van der Waals surface area (Å²) in [6.45, 7) is 3.78. The zero-order valence-electron chi connectivity index (χ0n) is 16.9. The number of hydrogen-bond acceptors (Lipinski definition) is 6. The van der Waals surface area contributed by atoms with Crippen molar-refractivity contribution in [3.63, 3.8) is 0 Å². The molecule has 1 N–H and O–H groups in total. The number of hydrazone groups is 1. The molecule has 4 rings (SSSR count). The smallest absolute Gasteiger partial charge is 0.427 e. The van der Waals surface area contributed by atoms with Gasteiger partial charge in [0.05, 0.1) is 12.3 Å². The third kappa shape index (κ3) is 3.91. The van der Waals surface area contributed by atoms with E-state index in [9.17, 15) is 9.59 Å². The lowest BCUT2D eigenvalue weighted by Gasteiger charge is -2.13. The van der Waals surface area contributed by atoms with Gasteiger partial charge in [0, 0.05) is 17.5 Å². The third-order valence-electron chi connectivity index (χ3n) is 5.00. The summed E-state index contributed by atoms with van der Waals surface area (Å²) >= 11 is 0. The topological polar surface area (TPSA) is 90.1 Å². The minimum atomic E-state index is -0.616. The van der Waals surface area contributed by atoms with Gasteiger partial charge in [0.2, 0.25) is 5.76 Å². The lowest BCUT2D eigenvalue weighted by atomic mass is 9.93. The molecule has 3 aromatic rings. The lowest BCUT2D eigenvalue weighted by molar-refractivity contribution is 0.0698. The average molecular weight is 406 g/mol. The zero-order valence-corrected chi connectivity index (χ0v) is 16.9. The summed E-state index contributed by atoms with van der Waals surface area (Å²) in [5.41, 5.74) is 4.45. The number of nitrogens with zero attached hydrogens (tertiary/aromatic N) is 1. The number of amides is 1. The summed E-state index contributed by atoms with van der Waals surface area (Å²) in [5, 5.41) is 6.23. The van der Waals surface area contributed by atoms with Gasteiger partial charge in [0.1, 0.15) is 11.5 Å². The molecule has 7 heteroatoms. The predicted octanol–water partition coefficient (Wildman–Crippen LogP) is 4.75. The van der Waals surface area contributed by atoms with E-state index in [4.69, 9.17) is 13.9 Å². The predicted molar refractivity (Wildman–Crippen MR) is 112 cm³/mol. The van der Waals surface area contributed by atoms with E-state index in [1.54, 1.807) is 19.9 Å². The number of nitrogens with one attached hydrogen (secondary N) is 1. The van der Waals surface area contributed by atoms with Gasteiger partial charge in [-0.1, -0.05) is 30.3 Å². The van der Waals surface area contributed by atoms with Crippen LogP contribution in [0.25, 0.3) is 10.8 Å².